The lowest BCUT2D eigenvalue weighted by atomic mass is 10.00. The van der Waals surface area contributed by atoms with E-state index in [2.05, 4.69) is 45.7 Å². The molecule has 0 atom stereocenters. The number of aromatic amines is 2. The summed E-state index contributed by atoms with van der Waals surface area (Å²) in [5.74, 6) is -0.235. The number of carbonyl (C=O) groups excluding carboxylic acids is 3. The fraction of sp³-hybridized carbons (Fsp3) is 0.385. The van der Waals surface area contributed by atoms with Gasteiger partial charge in [0.15, 0.2) is 0 Å². The molecule has 2 aromatic heterocycles. The van der Waals surface area contributed by atoms with E-state index in [1.165, 1.54) is 0 Å². The zero-order valence-electron chi connectivity index (χ0n) is 40.6. The SMILES string of the molecule is CC1(NC(=O)c2ccc(N3CCN(C(=O)CCc4nc5ccccc5c(=O)[nH]4)CC3)c(Cl)c2)COC1.CC1(NC(=O)c2ccc(N3CCNCC3)c(Cl)c2)COC1.O=C(O)CCc1nc2ccccc2c(=O)[nH]1. The second-order valence-corrected chi connectivity index (χ2v) is 19.7. The van der Waals surface area contributed by atoms with Crippen LogP contribution in [0.15, 0.2) is 94.5 Å². The van der Waals surface area contributed by atoms with Crippen LogP contribution in [0.4, 0.5) is 11.4 Å². The van der Waals surface area contributed by atoms with Crippen molar-refractivity contribution >= 4 is 80.1 Å². The lowest BCUT2D eigenvalue weighted by Gasteiger charge is -2.38. The first-order valence-electron chi connectivity index (χ1n) is 24.1. The van der Waals surface area contributed by atoms with Gasteiger partial charge in [0.25, 0.3) is 22.9 Å². The molecule has 4 aliphatic rings. The van der Waals surface area contributed by atoms with Crippen molar-refractivity contribution in [2.24, 2.45) is 0 Å². The number of piperazine rings is 2. The summed E-state index contributed by atoms with van der Waals surface area (Å²) in [7, 11) is 0. The van der Waals surface area contributed by atoms with Crippen LogP contribution in [0.1, 0.15) is 59.1 Å². The maximum Gasteiger partial charge on any atom is 0.303 e. The van der Waals surface area contributed by atoms with Gasteiger partial charge in [0.05, 0.1) is 87.2 Å². The van der Waals surface area contributed by atoms with Gasteiger partial charge < -0.3 is 55.2 Å². The maximum atomic E-state index is 12.8. The van der Waals surface area contributed by atoms with Gasteiger partial charge in [-0.05, 0) is 74.5 Å². The molecule has 73 heavy (non-hydrogen) atoms. The Labute approximate surface area is 430 Å². The first-order valence-corrected chi connectivity index (χ1v) is 24.9. The monoisotopic (exact) mass is 1040 g/mol. The van der Waals surface area contributed by atoms with Crippen LogP contribution in [-0.4, -0.2) is 143 Å². The Morgan fingerprint density at radius 2 is 1.07 bits per heavy atom. The van der Waals surface area contributed by atoms with Crippen molar-refractivity contribution in [1.29, 1.82) is 0 Å². The van der Waals surface area contributed by atoms with Crippen LogP contribution in [0.5, 0.6) is 0 Å². The Morgan fingerprint density at radius 1 is 0.630 bits per heavy atom. The number of rotatable bonds is 12. The molecule has 4 saturated heterocycles. The molecule has 0 spiro atoms. The van der Waals surface area contributed by atoms with E-state index in [4.69, 9.17) is 37.8 Å². The number of para-hydroxylation sites is 2. The molecule has 384 valence electrons. The number of H-pyrrole nitrogens is 2. The number of carbonyl (C=O) groups is 4. The molecular formula is C52H58Cl2N10O9. The molecule has 0 saturated carbocycles. The Morgan fingerprint density at radius 3 is 1.49 bits per heavy atom. The van der Waals surface area contributed by atoms with Crippen LogP contribution in [0, 0.1) is 0 Å². The van der Waals surface area contributed by atoms with Crippen molar-refractivity contribution < 1.29 is 33.8 Å². The largest absolute Gasteiger partial charge is 0.481 e. The van der Waals surface area contributed by atoms with Gasteiger partial charge in [-0.1, -0.05) is 47.5 Å². The highest BCUT2D eigenvalue weighted by molar-refractivity contribution is 6.34. The van der Waals surface area contributed by atoms with Gasteiger partial charge in [-0.2, -0.15) is 0 Å². The summed E-state index contributed by atoms with van der Waals surface area (Å²) in [6.45, 7) is 12.2. The quantitative estimate of drug-likeness (QED) is 0.0983. The molecule has 0 bridgehead atoms. The standard InChI is InChI=1S/C26H28ClN5O4.C15H20ClN3O2.C11H10N2O3/c1-26(15-36-16-26)30-24(34)17-6-7-21(19(27)14-17)31-10-12-32(13-11-31)23(33)9-8-22-28-20-5-3-2-4-18(20)25(35)29-22;1-15(9-21-10-15)18-14(20)11-2-3-13(12(16)8-11)19-6-4-17-5-7-19;14-10(15)6-5-9-12-8-4-2-1-3-7(8)11(16)13-9/h2-7,14H,8-13,15-16H2,1H3,(H,30,34)(H,28,29,35);2-3,8,17H,4-7,9-10H2,1H3,(H,18,20);1-4H,5-6H2,(H,14,15)(H,12,13,16). The van der Waals surface area contributed by atoms with Crippen molar-refractivity contribution in [3.05, 3.63) is 138 Å². The number of carboxylic acids is 1. The van der Waals surface area contributed by atoms with Crippen LogP contribution >= 0.6 is 23.2 Å². The van der Waals surface area contributed by atoms with Crippen molar-refractivity contribution in [3.8, 4) is 0 Å². The fourth-order valence-electron chi connectivity index (χ4n) is 8.68. The lowest BCUT2D eigenvalue weighted by molar-refractivity contribution is -0.137. The van der Waals surface area contributed by atoms with E-state index >= 15 is 0 Å². The summed E-state index contributed by atoms with van der Waals surface area (Å²) in [5.41, 5.74) is 3.15. The number of fused-ring (bicyclic) bond motifs is 2. The fourth-order valence-corrected chi connectivity index (χ4v) is 9.28. The lowest BCUT2D eigenvalue weighted by Crippen LogP contribution is -2.59. The Balaban J connectivity index is 0.000000162. The zero-order valence-corrected chi connectivity index (χ0v) is 42.1. The highest BCUT2D eigenvalue weighted by atomic mass is 35.5. The summed E-state index contributed by atoms with van der Waals surface area (Å²) in [6, 6.07) is 24.9. The normalized spacial score (nSPS) is 16.7. The van der Waals surface area contributed by atoms with Gasteiger partial charge in [0, 0.05) is 82.7 Å². The van der Waals surface area contributed by atoms with Gasteiger partial charge in [0.1, 0.15) is 11.6 Å². The number of carboxylic acid groups (broad SMARTS) is 1. The summed E-state index contributed by atoms with van der Waals surface area (Å²) in [6.07, 6.45) is 0.839. The topological polar surface area (TPSA) is 244 Å². The zero-order chi connectivity index (χ0) is 51.7. The van der Waals surface area contributed by atoms with E-state index in [1.54, 1.807) is 60.7 Å². The van der Waals surface area contributed by atoms with Crippen molar-refractivity contribution in [3.63, 3.8) is 0 Å². The number of anilines is 2. The number of aliphatic carboxylic acids is 1. The molecule has 21 heteroatoms. The third-order valence-corrected chi connectivity index (χ3v) is 13.4. The number of hydrogen-bond donors (Lipinski definition) is 6. The van der Waals surface area contributed by atoms with E-state index in [-0.39, 0.29) is 59.2 Å². The summed E-state index contributed by atoms with van der Waals surface area (Å²) >= 11 is 12.9. The van der Waals surface area contributed by atoms with E-state index in [1.807, 2.05) is 43.0 Å². The van der Waals surface area contributed by atoms with Gasteiger partial charge in [0.2, 0.25) is 5.91 Å². The summed E-state index contributed by atoms with van der Waals surface area (Å²) in [4.78, 5) is 92.1. The van der Waals surface area contributed by atoms with Crippen LogP contribution in [-0.2, 0) is 31.9 Å². The average Bonchev–Trinajstić information content (AvgIpc) is 3.37. The molecule has 6 aromatic rings. The second-order valence-electron chi connectivity index (χ2n) is 18.9. The van der Waals surface area contributed by atoms with Crippen molar-refractivity contribution in [2.45, 2.75) is 50.6 Å². The molecule has 19 nitrogen and oxygen atoms in total. The number of aromatic nitrogens is 4. The third kappa shape index (κ3) is 13.4. The molecule has 4 aromatic carbocycles. The minimum Gasteiger partial charge on any atom is -0.481 e. The van der Waals surface area contributed by atoms with Crippen LogP contribution < -0.4 is 36.9 Å². The number of aryl methyl sites for hydroxylation is 2. The van der Waals surface area contributed by atoms with E-state index in [9.17, 15) is 28.8 Å². The first kappa shape index (κ1) is 52.4. The minimum atomic E-state index is -0.907. The number of amides is 3. The molecule has 6 N–H and O–H groups in total. The molecule has 4 aliphatic heterocycles. The number of ether oxygens (including phenoxy) is 2. The Kier molecular flexibility index (Phi) is 16.7. The average molecular weight is 1040 g/mol. The number of nitrogens with zero attached hydrogens (tertiary/aromatic N) is 5. The number of nitrogens with one attached hydrogen (secondary N) is 5. The van der Waals surface area contributed by atoms with Crippen LogP contribution in [0.3, 0.4) is 0 Å². The number of benzene rings is 4. The molecule has 0 aliphatic carbocycles. The summed E-state index contributed by atoms with van der Waals surface area (Å²) in [5, 5.41) is 20.0. The molecule has 10 rings (SSSR count). The van der Waals surface area contributed by atoms with Crippen molar-refractivity contribution in [1.82, 2.24) is 40.8 Å². The number of hydrogen-bond acceptors (Lipinski definition) is 13. The first-order chi connectivity index (χ1) is 35.0. The predicted molar refractivity (Wildman–Crippen MR) is 279 cm³/mol. The minimum absolute atomic E-state index is 0.0250. The van der Waals surface area contributed by atoms with Crippen molar-refractivity contribution in [2.75, 3.05) is 88.6 Å². The Bertz CT molecular complexity index is 3110. The molecule has 3 amide bonds. The van der Waals surface area contributed by atoms with Crippen LogP contribution in [0.25, 0.3) is 21.8 Å². The molecule has 0 radical (unpaired) electrons. The van der Waals surface area contributed by atoms with E-state index in [0.717, 1.165) is 37.6 Å². The van der Waals surface area contributed by atoms with Gasteiger partial charge in [-0.15, -0.1) is 0 Å². The molecule has 0 unspecified atom stereocenters. The molecule has 4 fully saturated rings. The smallest absolute Gasteiger partial charge is 0.303 e. The predicted octanol–water partition coefficient (Wildman–Crippen LogP) is 4.59. The number of halogens is 2. The molecular weight excluding hydrogens is 980 g/mol. The summed E-state index contributed by atoms with van der Waals surface area (Å²) < 4.78 is 10.3. The van der Waals surface area contributed by atoms with Gasteiger partial charge >= 0.3 is 5.97 Å². The van der Waals surface area contributed by atoms with Gasteiger partial charge in [-0.3, -0.25) is 28.8 Å². The Hall–Kier alpha value is -6.90. The van der Waals surface area contributed by atoms with Gasteiger partial charge in [-0.25, -0.2) is 9.97 Å². The van der Waals surface area contributed by atoms with Crippen LogP contribution in [0.2, 0.25) is 10.0 Å². The third-order valence-electron chi connectivity index (χ3n) is 12.8. The second kappa shape index (κ2) is 23.3. The van der Waals surface area contributed by atoms with E-state index in [0.29, 0.717) is 114 Å². The molecule has 6 heterocycles. The van der Waals surface area contributed by atoms with E-state index < -0.39 is 5.97 Å². The maximum absolute atomic E-state index is 12.8. The highest BCUT2D eigenvalue weighted by Crippen LogP contribution is 2.30. The highest BCUT2D eigenvalue weighted by Gasteiger charge is 2.36.